The summed E-state index contributed by atoms with van der Waals surface area (Å²) >= 11 is 6.24. The Kier molecular flexibility index (Phi) is 3.72. The lowest BCUT2D eigenvalue weighted by Gasteiger charge is -2.37. The van der Waals surface area contributed by atoms with E-state index in [0.717, 1.165) is 25.1 Å². The number of rotatable bonds is 2. The molecule has 0 aliphatic carbocycles. The van der Waals surface area contributed by atoms with Crippen LogP contribution in [0.3, 0.4) is 0 Å². The molecule has 3 heteroatoms. The van der Waals surface area contributed by atoms with Crippen LogP contribution in [-0.2, 0) is 0 Å². The van der Waals surface area contributed by atoms with E-state index >= 15 is 0 Å². The maximum atomic E-state index is 10.7. The Bertz CT molecular complexity index is 409. The highest BCUT2D eigenvalue weighted by molar-refractivity contribution is 6.33. The van der Waals surface area contributed by atoms with Crippen molar-refractivity contribution in [2.24, 2.45) is 11.8 Å². The zero-order chi connectivity index (χ0) is 12.4. The molecule has 92 valence electrons. The van der Waals surface area contributed by atoms with E-state index in [4.69, 9.17) is 11.6 Å². The number of carbonyl (C=O) groups excluding carboxylic acids is 1. The first-order chi connectivity index (χ1) is 8.10. The van der Waals surface area contributed by atoms with Gasteiger partial charge in [-0.15, -0.1) is 0 Å². The number of aldehydes is 1. The van der Waals surface area contributed by atoms with Gasteiger partial charge in [0.25, 0.3) is 0 Å². The Hall–Kier alpha value is -1.02. The summed E-state index contributed by atoms with van der Waals surface area (Å²) in [5.74, 6) is 1.39. The quantitative estimate of drug-likeness (QED) is 0.748. The topological polar surface area (TPSA) is 20.3 Å². The SMILES string of the molecule is CC1CC(C)CN(c2ccc(C=O)cc2Cl)C1. The van der Waals surface area contributed by atoms with Gasteiger partial charge in [0, 0.05) is 18.7 Å². The number of anilines is 1. The molecule has 0 saturated carbocycles. The zero-order valence-electron chi connectivity index (χ0n) is 10.3. The number of benzene rings is 1. The van der Waals surface area contributed by atoms with Gasteiger partial charge in [-0.2, -0.15) is 0 Å². The molecule has 1 aromatic rings. The number of hydrogen-bond donors (Lipinski definition) is 0. The summed E-state index contributed by atoms with van der Waals surface area (Å²) in [5.41, 5.74) is 1.69. The van der Waals surface area contributed by atoms with Gasteiger partial charge in [0.05, 0.1) is 10.7 Å². The average Bonchev–Trinajstić information content (AvgIpc) is 2.27. The van der Waals surface area contributed by atoms with E-state index in [1.54, 1.807) is 6.07 Å². The van der Waals surface area contributed by atoms with Gasteiger partial charge in [0.15, 0.2) is 0 Å². The summed E-state index contributed by atoms with van der Waals surface area (Å²) in [7, 11) is 0. The smallest absolute Gasteiger partial charge is 0.150 e. The van der Waals surface area contributed by atoms with Crippen LogP contribution < -0.4 is 4.90 Å². The third-order valence-electron chi connectivity index (χ3n) is 3.32. The normalized spacial score (nSPS) is 24.8. The fourth-order valence-electron chi connectivity index (χ4n) is 2.71. The van der Waals surface area contributed by atoms with Gasteiger partial charge in [-0.1, -0.05) is 25.4 Å². The molecule has 1 aromatic carbocycles. The predicted octanol–water partition coefficient (Wildman–Crippen LogP) is 3.63. The van der Waals surface area contributed by atoms with E-state index in [2.05, 4.69) is 18.7 Å². The lowest BCUT2D eigenvalue weighted by molar-refractivity contribution is 0.112. The highest BCUT2D eigenvalue weighted by Crippen LogP contribution is 2.31. The number of halogens is 1. The van der Waals surface area contributed by atoms with Crippen molar-refractivity contribution < 1.29 is 4.79 Å². The molecule has 0 amide bonds. The van der Waals surface area contributed by atoms with Crippen LogP contribution in [-0.4, -0.2) is 19.4 Å². The predicted molar refractivity (Wildman–Crippen MR) is 72.0 cm³/mol. The molecule has 1 saturated heterocycles. The highest BCUT2D eigenvalue weighted by Gasteiger charge is 2.23. The van der Waals surface area contributed by atoms with Gasteiger partial charge in [0.1, 0.15) is 6.29 Å². The average molecular weight is 252 g/mol. The first-order valence-corrected chi connectivity index (χ1v) is 6.47. The van der Waals surface area contributed by atoms with E-state index < -0.39 is 0 Å². The van der Waals surface area contributed by atoms with Crippen molar-refractivity contribution >= 4 is 23.6 Å². The lowest BCUT2D eigenvalue weighted by atomic mass is 9.91. The number of carbonyl (C=O) groups is 1. The molecule has 0 bridgehead atoms. The molecule has 17 heavy (non-hydrogen) atoms. The summed E-state index contributed by atoms with van der Waals surface area (Å²) < 4.78 is 0. The monoisotopic (exact) mass is 251 g/mol. The van der Waals surface area contributed by atoms with Crippen LogP contribution in [0.2, 0.25) is 5.02 Å². The minimum Gasteiger partial charge on any atom is -0.370 e. The Balaban J connectivity index is 2.24. The Labute approximate surface area is 108 Å². The summed E-state index contributed by atoms with van der Waals surface area (Å²) in [5, 5.41) is 0.677. The third-order valence-corrected chi connectivity index (χ3v) is 3.62. The van der Waals surface area contributed by atoms with E-state index in [1.807, 2.05) is 12.1 Å². The van der Waals surface area contributed by atoms with E-state index in [1.165, 1.54) is 6.42 Å². The number of nitrogens with zero attached hydrogens (tertiary/aromatic N) is 1. The van der Waals surface area contributed by atoms with Crippen molar-refractivity contribution in [1.29, 1.82) is 0 Å². The molecule has 0 radical (unpaired) electrons. The van der Waals surface area contributed by atoms with E-state index in [9.17, 15) is 4.79 Å². The van der Waals surface area contributed by atoms with Gasteiger partial charge >= 0.3 is 0 Å². The van der Waals surface area contributed by atoms with Crippen molar-refractivity contribution in [2.75, 3.05) is 18.0 Å². The molecule has 2 nitrogen and oxygen atoms in total. The van der Waals surface area contributed by atoms with Gasteiger partial charge < -0.3 is 4.90 Å². The van der Waals surface area contributed by atoms with Crippen LogP contribution in [0.1, 0.15) is 30.6 Å². The highest BCUT2D eigenvalue weighted by atomic mass is 35.5. The van der Waals surface area contributed by atoms with Gasteiger partial charge in [0.2, 0.25) is 0 Å². The molecule has 1 aliphatic heterocycles. The molecule has 2 unspecified atom stereocenters. The fraction of sp³-hybridized carbons (Fsp3) is 0.500. The second kappa shape index (κ2) is 5.09. The molecular formula is C14H18ClNO. The van der Waals surface area contributed by atoms with Gasteiger partial charge in [-0.25, -0.2) is 0 Å². The largest absolute Gasteiger partial charge is 0.370 e. The zero-order valence-corrected chi connectivity index (χ0v) is 11.1. The van der Waals surface area contributed by atoms with Crippen molar-refractivity contribution in [3.63, 3.8) is 0 Å². The van der Waals surface area contributed by atoms with Crippen LogP contribution in [0.15, 0.2) is 18.2 Å². The second-order valence-electron chi connectivity index (χ2n) is 5.18. The first-order valence-electron chi connectivity index (χ1n) is 6.10. The van der Waals surface area contributed by atoms with Crippen molar-refractivity contribution in [1.82, 2.24) is 0 Å². The molecular weight excluding hydrogens is 234 g/mol. The Morgan fingerprint density at radius 3 is 2.47 bits per heavy atom. The Morgan fingerprint density at radius 2 is 1.94 bits per heavy atom. The maximum absolute atomic E-state index is 10.7. The lowest BCUT2D eigenvalue weighted by Crippen LogP contribution is -2.38. The molecule has 0 spiro atoms. The third kappa shape index (κ3) is 2.81. The van der Waals surface area contributed by atoms with Crippen molar-refractivity contribution in [3.05, 3.63) is 28.8 Å². The van der Waals surface area contributed by atoms with Crippen molar-refractivity contribution in [3.8, 4) is 0 Å². The molecule has 1 heterocycles. The minimum absolute atomic E-state index is 0.636. The maximum Gasteiger partial charge on any atom is 0.150 e. The van der Waals surface area contributed by atoms with Crippen LogP contribution in [0.4, 0.5) is 5.69 Å². The standard InChI is InChI=1S/C14H18ClNO/c1-10-5-11(2)8-16(7-10)14-4-3-12(9-17)6-13(14)15/h3-4,6,9-11H,5,7-8H2,1-2H3. The summed E-state index contributed by atoms with van der Waals surface area (Å²) in [6, 6.07) is 5.53. The molecule has 2 rings (SSSR count). The van der Waals surface area contributed by atoms with E-state index in [0.29, 0.717) is 22.4 Å². The summed E-state index contributed by atoms with van der Waals surface area (Å²) in [4.78, 5) is 13.0. The molecule has 0 N–H and O–H groups in total. The Morgan fingerprint density at radius 1 is 1.29 bits per heavy atom. The first kappa shape index (κ1) is 12.4. The minimum atomic E-state index is 0.636. The second-order valence-corrected chi connectivity index (χ2v) is 5.59. The summed E-state index contributed by atoms with van der Waals surface area (Å²) in [6.45, 7) is 6.64. The molecule has 1 fully saturated rings. The van der Waals surface area contributed by atoms with Crippen LogP contribution in [0.25, 0.3) is 0 Å². The van der Waals surface area contributed by atoms with E-state index in [-0.39, 0.29) is 0 Å². The van der Waals surface area contributed by atoms with Gasteiger partial charge in [-0.05, 0) is 36.5 Å². The number of piperidine rings is 1. The van der Waals surface area contributed by atoms with Crippen LogP contribution in [0, 0.1) is 11.8 Å². The number of hydrogen-bond acceptors (Lipinski definition) is 2. The molecule has 2 atom stereocenters. The van der Waals surface area contributed by atoms with Crippen LogP contribution >= 0.6 is 11.6 Å². The van der Waals surface area contributed by atoms with Gasteiger partial charge in [-0.3, -0.25) is 4.79 Å². The molecule has 0 aromatic heterocycles. The fourth-order valence-corrected chi connectivity index (χ4v) is 3.02. The van der Waals surface area contributed by atoms with Crippen LogP contribution in [0.5, 0.6) is 0 Å². The van der Waals surface area contributed by atoms with Crippen molar-refractivity contribution in [2.45, 2.75) is 20.3 Å². The molecule has 1 aliphatic rings. The summed E-state index contributed by atoms with van der Waals surface area (Å²) in [6.07, 6.45) is 2.11.